The summed E-state index contributed by atoms with van der Waals surface area (Å²) in [6.45, 7) is 2.65. The zero-order chi connectivity index (χ0) is 10.7. The summed E-state index contributed by atoms with van der Waals surface area (Å²) in [5.41, 5.74) is 6.90. The van der Waals surface area contributed by atoms with Crippen molar-refractivity contribution in [3.05, 3.63) is 18.1 Å². The van der Waals surface area contributed by atoms with Crippen molar-refractivity contribution in [2.75, 3.05) is 11.9 Å². The van der Waals surface area contributed by atoms with Gasteiger partial charge in [-0.2, -0.15) is 0 Å². The number of aryl methyl sites for hydroxylation is 1. The van der Waals surface area contributed by atoms with Crippen molar-refractivity contribution in [3.63, 3.8) is 0 Å². The predicted octanol–water partition coefficient (Wildman–Crippen LogP) is 1.47. The summed E-state index contributed by atoms with van der Waals surface area (Å²) < 4.78 is 0. The second-order valence-electron chi connectivity index (χ2n) is 4.36. The second kappa shape index (κ2) is 4.14. The highest BCUT2D eigenvalue weighted by Gasteiger charge is 2.32. The van der Waals surface area contributed by atoms with Crippen molar-refractivity contribution in [2.24, 2.45) is 5.73 Å². The van der Waals surface area contributed by atoms with Crippen molar-refractivity contribution >= 4 is 5.82 Å². The molecule has 1 fully saturated rings. The molecule has 0 bridgehead atoms. The highest BCUT2D eigenvalue weighted by molar-refractivity contribution is 5.38. The molecule has 82 valence electrons. The maximum atomic E-state index is 5.85. The van der Waals surface area contributed by atoms with E-state index in [4.69, 9.17) is 5.73 Å². The fourth-order valence-corrected chi connectivity index (χ4v) is 2.23. The van der Waals surface area contributed by atoms with Gasteiger partial charge in [0.15, 0.2) is 0 Å². The minimum Gasteiger partial charge on any atom is -0.363 e. The molecule has 0 aliphatic heterocycles. The Labute approximate surface area is 90.3 Å². The average Bonchev–Trinajstić information content (AvgIpc) is 2.67. The van der Waals surface area contributed by atoms with Crippen LogP contribution in [0, 0.1) is 6.92 Å². The number of anilines is 1. The Hall–Kier alpha value is -1.16. The number of nitrogens with one attached hydrogen (secondary N) is 1. The maximum absolute atomic E-state index is 5.85. The molecule has 1 heterocycles. The predicted molar refractivity (Wildman–Crippen MR) is 60.6 cm³/mol. The molecule has 1 aromatic heterocycles. The van der Waals surface area contributed by atoms with Crippen molar-refractivity contribution < 1.29 is 0 Å². The van der Waals surface area contributed by atoms with Crippen LogP contribution in [0.15, 0.2) is 12.4 Å². The molecule has 1 aliphatic carbocycles. The van der Waals surface area contributed by atoms with Crippen LogP contribution in [0.5, 0.6) is 0 Å². The van der Waals surface area contributed by atoms with Gasteiger partial charge < -0.3 is 11.1 Å². The Bertz CT molecular complexity index is 331. The van der Waals surface area contributed by atoms with E-state index in [1.54, 1.807) is 6.33 Å². The monoisotopic (exact) mass is 206 g/mol. The molecule has 4 nitrogen and oxygen atoms in total. The first-order valence-corrected chi connectivity index (χ1v) is 5.51. The fourth-order valence-electron chi connectivity index (χ4n) is 2.23. The molecule has 0 radical (unpaired) electrons. The number of nitrogens with two attached hydrogens (primary N) is 1. The molecule has 3 N–H and O–H groups in total. The lowest BCUT2D eigenvalue weighted by Gasteiger charge is -2.29. The van der Waals surface area contributed by atoms with Crippen LogP contribution in [0.3, 0.4) is 0 Å². The van der Waals surface area contributed by atoms with E-state index in [9.17, 15) is 0 Å². The van der Waals surface area contributed by atoms with Gasteiger partial charge >= 0.3 is 0 Å². The zero-order valence-corrected chi connectivity index (χ0v) is 9.16. The quantitative estimate of drug-likeness (QED) is 0.786. The van der Waals surface area contributed by atoms with E-state index in [-0.39, 0.29) is 5.54 Å². The van der Waals surface area contributed by atoms with Crippen LogP contribution in [0.25, 0.3) is 0 Å². The Morgan fingerprint density at radius 1 is 1.40 bits per heavy atom. The first kappa shape index (κ1) is 10.4. The standard InChI is InChI=1S/C11H18N4/c1-9-6-10(14-8-13-9)15-11(7-12)4-2-3-5-11/h6,8H,2-5,7,12H2,1H3,(H,13,14,15). The van der Waals surface area contributed by atoms with Gasteiger partial charge in [-0.15, -0.1) is 0 Å². The van der Waals surface area contributed by atoms with Gasteiger partial charge in [-0.3, -0.25) is 0 Å². The fraction of sp³-hybridized carbons (Fsp3) is 0.636. The first-order chi connectivity index (χ1) is 7.24. The van der Waals surface area contributed by atoms with Crippen LogP contribution < -0.4 is 11.1 Å². The van der Waals surface area contributed by atoms with Crippen LogP contribution >= 0.6 is 0 Å². The van der Waals surface area contributed by atoms with Crippen LogP contribution in [0.2, 0.25) is 0 Å². The van der Waals surface area contributed by atoms with Gasteiger partial charge in [0, 0.05) is 18.3 Å². The highest BCUT2D eigenvalue weighted by Crippen LogP contribution is 2.31. The second-order valence-corrected chi connectivity index (χ2v) is 4.36. The van der Waals surface area contributed by atoms with Crippen LogP contribution in [-0.4, -0.2) is 22.1 Å². The Kier molecular flexibility index (Phi) is 2.86. The molecule has 0 atom stereocenters. The zero-order valence-electron chi connectivity index (χ0n) is 9.16. The summed E-state index contributed by atoms with van der Waals surface area (Å²) >= 11 is 0. The lowest BCUT2D eigenvalue weighted by molar-refractivity contribution is 0.491. The van der Waals surface area contributed by atoms with Gasteiger partial charge in [0.05, 0.1) is 5.54 Å². The maximum Gasteiger partial charge on any atom is 0.130 e. The number of hydrogen-bond acceptors (Lipinski definition) is 4. The molecule has 0 aromatic carbocycles. The molecule has 4 heteroatoms. The molecule has 0 unspecified atom stereocenters. The van der Waals surface area contributed by atoms with Gasteiger partial charge in [-0.25, -0.2) is 9.97 Å². The third-order valence-electron chi connectivity index (χ3n) is 3.15. The van der Waals surface area contributed by atoms with E-state index >= 15 is 0 Å². The third-order valence-corrected chi connectivity index (χ3v) is 3.15. The minimum absolute atomic E-state index is 0.0702. The molecule has 2 rings (SSSR count). The third kappa shape index (κ3) is 2.26. The topological polar surface area (TPSA) is 63.8 Å². The van der Waals surface area contributed by atoms with Gasteiger partial charge in [0.2, 0.25) is 0 Å². The summed E-state index contributed by atoms with van der Waals surface area (Å²) in [4.78, 5) is 8.30. The molecule has 1 saturated carbocycles. The minimum atomic E-state index is 0.0702. The Morgan fingerprint density at radius 2 is 2.13 bits per heavy atom. The summed E-state index contributed by atoms with van der Waals surface area (Å²) in [5, 5.41) is 3.47. The van der Waals surface area contributed by atoms with Gasteiger partial charge in [-0.05, 0) is 19.8 Å². The Balaban J connectivity index is 2.12. The molecule has 0 amide bonds. The molecule has 15 heavy (non-hydrogen) atoms. The van der Waals surface area contributed by atoms with Crippen molar-refractivity contribution in [1.29, 1.82) is 0 Å². The molecule has 1 aliphatic rings. The van der Waals surface area contributed by atoms with E-state index in [0.717, 1.165) is 24.4 Å². The normalized spacial score (nSPS) is 19.1. The van der Waals surface area contributed by atoms with Gasteiger partial charge in [0.25, 0.3) is 0 Å². The summed E-state index contributed by atoms with van der Waals surface area (Å²) in [7, 11) is 0. The largest absolute Gasteiger partial charge is 0.363 e. The van der Waals surface area contributed by atoms with Crippen LogP contribution in [0.1, 0.15) is 31.4 Å². The van der Waals surface area contributed by atoms with Gasteiger partial charge in [-0.1, -0.05) is 12.8 Å². The van der Waals surface area contributed by atoms with Crippen molar-refractivity contribution in [2.45, 2.75) is 38.1 Å². The summed E-state index contributed by atoms with van der Waals surface area (Å²) in [6, 6.07) is 1.97. The molecular weight excluding hydrogens is 188 g/mol. The summed E-state index contributed by atoms with van der Waals surface area (Å²) in [6.07, 6.45) is 6.40. The van der Waals surface area contributed by atoms with Gasteiger partial charge in [0.1, 0.15) is 12.1 Å². The smallest absolute Gasteiger partial charge is 0.130 e. The molecular formula is C11H18N4. The molecule has 1 aromatic rings. The van der Waals surface area contributed by atoms with E-state index in [2.05, 4.69) is 15.3 Å². The van der Waals surface area contributed by atoms with Crippen LogP contribution in [-0.2, 0) is 0 Å². The Morgan fingerprint density at radius 3 is 2.73 bits per heavy atom. The SMILES string of the molecule is Cc1cc(NC2(CN)CCCC2)ncn1. The van der Waals surface area contributed by atoms with Crippen molar-refractivity contribution in [1.82, 2.24) is 9.97 Å². The first-order valence-electron chi connectivity index (χ1n) is 5.51. The lowest BCUT2D eigenvalue weighted by atomic mass is 9.98. The van der Waals surface area contributed by atoms with Crippen LogP contribution in [0.4, 0.5) is 5.82 Å². The molecule has 0 spiro atoms. The number of rotatable bonds is 3. The summed E-state index contributed by atoms with van der Waals surface area (Å²) in [5.74, 6) is 0.898. The highest BCUT2D eigenvalue weighted by atomic mass is 15.1. The average molecular weight is 206 g/mol. The van der Waals surface area contributed by atoms with E-state index < -0.39 is 0 Å². The van der Waals surface area contributed by atoms with E-state index in [1.165, 1.54) is 12.8 Å². The number of nitrogens with zero attached hydrogens (tertiary/aromatic N) is 2. The van der Waals surface area contributed by atoms with E-state index in [0.29, 0.717) is 6.54 Å². The molecule has 0 saturated heterocycles. The van der Waals surface area contributed by atoms with Crippen molar-refractivity contribution in [3.8, 4) is 0 Å². The number of aromatic nitrogens is 2. The van der Waals surface area contributed by atoms with E-state index in [1.807, 2.05) is 13.0 Å². The lowest BCUT2D eigenvalue weighted by Crippen LogP contribution is -2.43. The number of hydrogen-bond donors (Lipinski definition) is 2.